The van der Waals surface area contributed by atoms with Gasteiger partial charge in [0.1, 0.15) is 11.9 Å². The van der Waals surface area contributed by atoms with Crippen LogP contribution in [0.2, 0.25) is 0 Å². The molecule has 0 aromatic carbocycles. The first-order chi connectivity index (χ1) is 7.11. The Labute approximate surface area is 86.0 Å². The number of aliphatic hydroxyl groups is 1. The van der Waals surface area contributed by atoms with E-state index in [1.165, 1.54) is 0 Å². The van der Waals surface area contributed by atoms with Crippen LogP contribution in [-0.2, 0) is 19.1 Å². The minimum absolute atomic E-state index is 0.110. The maximum Gasteiger partial charge on any atom is 0.378 e. The molecular weight excluding hydrogens is 200 g/mol. The average Bonchev–Trinajstić information content (AvgIpc) is 2.71. The predicted molar refractivity (Wildman–Crippen MR) is 48.6 cm³/mol. The van der Waals surface area contributed by atoms with Crippen LogP contribution in [-0.4, -0.2) is 23.1 Å². The van der Waals surface area contributed by atoms with Crippen LogP contribution in [0.5, 0.6) is 0 Å². The van der Waals surface area contributed by atoms with Gasteiger partial charge in [-0.1, -0.05) is 6.92 Å². The van der Waals surface area contributed by atoms with Crippen LogP contribution in [0.1, 0.15) is 19.8 Å². The number of allylic oxidation sites excluding steroid dienone is 1. The molecule has 0 radical (unpaired) electrons. The molecule has 5 nitrogen and oxygen atoms in total. The zero-order chi connectivity index (χ0) is 11.0. The van der Waals surface area contributed by atoms with Crippen molar-refractivity contribution in [3.8, 4) is 0 Å². The van der Waals surface area contributed by atoms with Crippen LogP contribution in [0.25, 0.3) is 0 Å². The SMILES string of the molecule is CCC1C/C(=C2/C=C(O)C(=O)O2)C(=O)O1. The van der Waals surface area contributed by atoms with Crippen LogP contribution >= 0.6 is 0 Å². The summed E-state index contributed by atoms with van der Waals surface area (Å²) in [6.07, 6.45) is 2.13. The number of aliphatic hydroxyl groups excluding tert-OH is 1. The zero-order valence-electron chi connectivity index (χ0n) is 8.15. The van der Waals surface area contributed by atoms with Crippen molar-refractivity contribution < 1.29 is 24.2 Å². The minimum Gasteiger partial charge on any atom is -0.502 e. The van der Waals surface area contributed by atoms with Gasteiger partial charge in [0.05, 0.1) is 5.57 Å². The Kier molecular flexibility index (Phi) is 2.22. The molecule has 80 valence electrons. The van der Waals surface area contributed by atoms with Crippen molar-refractivity contribution in [2.45, 2.75) is 25.9 Å². The van der Waals surface area contributed by atoms with Crippen LogP contribution < -0.4 is 0 Å². The lowest BCUT2D eigenvalue weighted by molar-refractivity contribution is -0.139. The highest BCUT2D eigenvalue weighted by molar-refractivity contribution is 5.96. The van der Waals surface area contributed by atoms with Crippen molar-refractivity contribution in [1.82, 2.24) is 0 Å². The third kappa shape index (κ3) is 1.60. The van der Waals surface area contributed by atoms with Crippen LogP contribution in [0.3, 0.4) is 0 Å². The molecule has 2 heterocycles. The molecule has 15 heavy (non-hydrogen) atoms. The average molecular weight is 210 g/mol. The van der Waals surface area contributed by atoms with Gasteiger partial charge >= 0.3 is 11.9 Å². The van der Waals surface area contributed by atoms with Gasteiger partial charge in [0.15, 0.2) is 0 Å². The number of carbonyl (C=O) groups is 2. The molecule has 0 aromatic heterocycles. The van der Waals surface area contributed by atoms with Crippen molar-refractivity contribution in [1.29, 1.82) is 0 Å². The van der Waals surface area contributed by atoms with Crippen molar-refractivity contribution in [2.24, 2.45) is 0 Å². The van der Waals surface area contributed by atoms with Gasteiger partial charge in [-0.25, -0.2) is 9.59 Å². The van der Waals surface area contributed by atoms with E-state index >= 15 is 0 Å². The molecule has 0 aliphatic carbocycles. The molecule has 1 unspecified atom stereocenters. The quantitative estimate of drug-likeness (QED) is 0.515. The second-order valence-electron chi connectivity index (χ2n) is 3.40. The molecule has 1 N–H and O–H groups in total. The molecule has 2 rings (SSSR count). The molecule has 0 spiro atoms. The maximum atomic E-state index is 11.4. The Bertz CT molecular complexity index is 391. The summed E-state index contributed by atoms with van der Waals surface area (Å²) in [7, 11) is 0. The van der Waals surface area contributed by atoms with Crippen LogP contribution in [0.4, 0.5) is 0 Å². The highest BCUT2D eigenvalue weighted by Crippen LogP contribution is 2.29. The fourth-order valence-corrected chi connectivity index (χ4v) is 1.52. The first kappa shape index (κ1) is 9.76. The molecule has 5 heteroatoms. The normalized spacial score (nSPS) is 30.2. The molecule has 1 atom stereocenters. The topological polar surface area (TPSA) is 72.8 Å². The predicted octanol–water partition coefficient (Wildman–Crippen LogP) is 0.965. The summed E-state index contributed by atoms with van der Waals surface area (Å²) in [5.74, 6) is -1.68. The van der Waals surface area contributed by atoms with E-state index in [1.807, 2.05) is 6.92 Å². The fourth-order valence-electron chi connectivity index (χ4n) is 1.52. The molecule has 0 saturated carbocycles. The third-order valence-corrected chi connectivity index (χ3v) is 2.38. The van der Waals surface area contributed by atoms with Gasteiger partial charge in [-0.2, -0.15) is 0 Å². The molecule has 0 aromatic rings. The van der Waals surface area contributed by atoms with E-state index in [4.69, 9.17) is 14.6 Å². The Balaban J connectivity index is 2.28. The number of hydrogen-bond acceptors (Lipinski definition) is 5. The Hall–Kier alpha value is -1.78. The lowest BCUT2D eigenvalue weighted by atomic mass is 10.1. The van der Waals surface area contributed by atoms with Gasteiger partial charge in [0.25, 0.3) is 0 Å². The second-order valence-corrected chi connectivity index (χ2v) is 3.40. The van der Waals surface area contributed by atoms with Crippen molar-refractivity contribution in [3.05, 3.63) is 23.2 Å². The number of cyclic esters (lactones) is 2. The summed E-state index contributed by atoms with van der Waals surface area (Å²) in [4.78, 5) is 22.2. The van der Waals surface area contributed by atoms with E-state index in [0.29, 0.717) is 18.4 Å². The monoisotopic (exact) mass is 210 g/mol. The lowest BCUT2D eigenvalue weighted by Crippen LogP contribution is -2.04. The molecule has 1 saturated heterocycles. The number of esters is 2. The summed E-state index contributed by atoms with van der Waals surface area (Å²) < 4.78 is 9.73. The van der Waals surface area contributed by atoms with E-state index < -0.39 is 17.7 Å². The number of rotatable bonds is 1. The van der Waals surface area contributed by atoms with Gasteiger partial charge in [-0.15, -0.1) is 0 Å². The van der Waals surface area contributed by atoms with Crippen molar-refractivity contribution >= 4 is 11.9 Å². The fraction of sp³-hybridized carbons (Fsp3) is 0.400. The smallest absolute Gasteiger partial charge is 0.378 e. The molecular formula is C10H10O5. The van der Waals surface area contributed by atoms with Crippen LogP contribution in [0, 0.1) is 0 Å². The van der Waals surface area contributed by atoms with Gasteiger partial charge in [-0.05, 0) is 6.42 Å². The van der Waals surface area contributed by atoms with Gasteiger partial charge in [-0.3, -0.25) is 0 Å². The van der Waals surface area contributed by atoms with E-state index in [0.717, 1.165) is 6.08 Å². The Morgan fingerprint density at radius 2 is 2.20 bits per heavy atom. The van der Waals surface area contributed by atoms with E-state index in [2.05, 4.69) is 0 Å². The number of carbonyl (C=O) groups excluding carboxylic acids is 2. The summed E-state index contributed by atoms with van der Waals surface area (Å²) in [6, 6.07) is 0. The zero-order valence-corrected chi connectivity index (χ0v) is 8.15. The van der Waals surface area contributed by atoms with Crippen molar-refractivity contribution in [2.75, 3.05) is 0 Å². The molecule has 2 aliphatic rings. The standard InChI is InChI=1S/C10H10O5/c1-2-5-3-6(9(12)14-5)8-4-7(11)10(13)15-8/h4-5,11H,2-3H2,1H3/b8-6+. The summed E-state index contributed by atoms with van der Waals surface area (Å²) >= 11 is 0. The largest absolute Gasteiger partial charge is 0.502 e. The molecule has 0 bridgehead atoms. The molecule has 2 aliphatic heterocycles. The number of hydrogen-bond donors (Lipinski definition) is 1. The first-order valence-electron chi connectivity index (χ1n) is 4.68. The highest BCUT2D eigenvalue weighted by Gasteiger charge is 2.34. The highest BCUT2D eigenvalue weighted by atomic mass is 16.6. The minimum atomic E-state index is -0.828. The Morgan fingerprint density at radius 1 is 1.47 bits per heavy atom. The van der Waals surface area contributed by atoms with Gasteiger partial charge < -0.3 is 14.6 Å². The third-order valence-electron chi connectivity index (χ3n) is 2.38. The molecule has 0 amide bonds. The summed E-state index contributed by atoms with van der Waals surface area (Å²) in [6.45, 7) is 1.90. The summed E-state index contributed by atoms with van der Waals surface area (Å²) in [5.41, 5.74) is 0.319. The van der Waals surface area contributed by atoms with Crippen molar-refractivity contribution in [3.63, 3.8) is 0 Å². The van der Waals surface area contributed by atoms with E-state index in [-0.39, 0.29) is 11.9 Å². The molecule has 1 fully saturated rings. The Morgan fingerprint density at radius 3 is 2.67 bits per heavy atom. The van der Waals surface area contributed by atoms with E-state index in [1.54, 1.807) is 0 Å². The second kappa shape index (κ2) is 3.42. The lowest BCUT2D eigenvalue weighted by Gasteiger charge is -2.01. The van der Waals surface area contributed by atoms with Gasteiger partial charge in [0, 0.05) is 12.5 Å². The van der Waals surface area contributed by atoms with E-state index in [9.17, 15) is 9.59 Å². The van der Waals surface area contributed by atoms with Gasteiger partial charge in [0.2, 0.25) is 5.76 Å². The first-order valence-corrected chi connectivity index (χ1v) is 4.68. The summed E-state index contributed by atoms with van der Waals surface area (Å²) in [5, 5.41) is 9.04. The maximum absolute atomic E-state index is 11.4. The van der Waals surface area contributed by atoms with Crippen LogP contribution in [0.15, 0.2) is 23.2 Å². The number of ether oxygens (including phenoxy) is 2.